The van der Waals surface area contributed by atoms with E-state index in [1.54, 1.807) is 11.8 Å². The number of thioether (sulfide) groups is 1. The van der Waals surface area contributed by atoms with Crippen LogP contribution in [-0.2, 0) is 9.53 Å². The Morgan fingerprint density at radius 2 is 2.37 bits per heavy atom. The Hall–Kier alpha value is -0.560. The van der Waals surface area contributed by atoms with E-state index < -0.39 is 6.10 Å². The number of halogens is 1. The van der Waals surface area contributed by atoms with E-state index in [1.165, 1.54) is 0 Å². The average molecular weight is 344 g/mol. The van der Waals surface area contributed by atoms with Gasteiger partial charge in [-0.2, -0.15) is 0 Å². The molecule has 2 atom stereocenters. The van der Waals surface area contributed by atoms with Crippen molar-refractivity contribution in [1.82, 2.24) is 0 Å². The molecule has 1 saturated heterocycles. The number of rotatable bonds is 3. The maximum Gasteiger partial charge on any atom is 0.257 e. The molecule has 3 rings (SSSR count). The van der Waals surface area contributed by atoms with Crippen molar-refractivity contribution >= 4 is 39.3 Å². The standard InChI is InChI=1S/C13H14BrNO3S/c14-9-4-8-10(15-13(17)12(8)16)5-11(9)19-6-7-2-1-3-18-7/h4-5,7,12,16H,1-3,6H2,(H,15,17). The van der Waals surface area contributed by atoms with Crippen LogP contribution in [0.25, 0.3) is 0 Å². The Morgan fingerprint density at radius 1 is 1.53 bits per heavy atom. The summed E-state index contributed by atoms with van der Waals surface area (Å²) < 4.78 is 6.50. The van der Waals surface area contributed by atoms with Crippen LogP contribution in [-0.4, -0.2) is 29.5 Å². The highest BCUT2D eigenvalue weighted by atomic mass is 79.9. The molecule has 4 nitrogen and oxygen atoms in total. The second-order valence-corrected chi connectivity index (χ2v) is 6.62. The predicted octanol–water partition coefficient (Wildman–Crippen LogP) is 2.71. The predicted molar refractivity (Wildman–Crippen MR) is 77.4 cm³/mol. The first-order valence-electron chi connectivity index (χ1n) is 6.22. The zero-order valence-corrected chi connectivity index (χ0v) is 12.6. The van der Waals surface area contributed by atoms with Crippen LogP contribution < -0.4 is 5.32 Å². The van der Waals surface area contributed by atoms with Crippen molar-refractivity contribution in [2.24, 2.45) is 0 Å². The van der Waals surface area contributed by atoms with Crippen molar-refractivity contribution < 1.29 is 14.6 Å². The third kappa shape index (κ3) is 2.67. The molecule has 102 valence electrons. The van der Waals surface area contributed by atoms with Gasteiger partial charge >= 0.3 is 0 Å². The molecule has 2 aliphatic rings. The van der Waals surface area contributed by atoms with Gasteiger partial charge in [0.05, 0.1) is 6.10 Å². The maximum absolute atomic E-state index is 11.4. The highest BCUT2D eigenvalue weighted by Crippen LogP contribution is 2.39. The summed E-state index contributed by atoms with van der Waals surface area (Å²) in [6, 6.07) is 3.73. The van der Waals surface area contributed by atoms with E-state index in [9.17, 15) is 9.90 Å². The number of hydrogen-bond donors (Lipinski definition) is 2. The molecule has 6 heteroatoms. The number of aliphatic hydroxyl groups excluding tert-OH is 1. The third-order valence-electron chi connectivity index (χ3n) is 3.35. The molecule has 2 heterocycles. The number of benzene rings is 1. The fourth-order valence-corrected chi connectivity index (χ4v) is 4.05. The van der Waals surface area contributed by atoms with Gasteiger partial charge in [0.15, 0.2) is 6.10 Å². The number of anilines is 1. The average Bonchev–Trinajstić information content (AvgIpc) is 2.98. The Labute approximate surface area is 124 Å². The molecular weight excluding hydrogens is 330 g/mol. The minimum absolute atomic E-state index is 0.324. The number of nitrogens with one attached hydrogen (secondary N) is 1. The first kappa shape index (κ1) is 13.4. The number of hydrogen-bond acceptors (Lipinski definition) is 4. The highest BCUT2D eigenvalue weighted by Gasteiger charge is 2.29. The van der Waals surface area contributed by atoms with Crippen LogP contribution in [0.15, 0.2) is 21.5 Å². The van der Waals surface area contributed by atoms with Crippen molar-refractivity contribution in [1.29, 1.82) is 0 Å². The first-order chi connectivity index (χ1) is 9.15. The smallest absolute Gasteiger partial charge is 0.257 e. The van der Waals surface area contributed by atoms with E-state index in [1.807, 2.05) is 12.1 Å². The highest BCUT2D eigenvalue weighted by molar-refractivity contribution is 9.10. The van der Waals surface area contributed by atoms with Crippen LogP contribution in [0, 0.1) is 0 Å². The Kier molecular flexibility index (Phi) is 3.84. The monoisotopic (exact) mass is 343 g/mol. The molecule has 1 fully saturated rings. The lowest BCUT2D eigenvalue weighted by atomic mass is 10.1. The van der Waals surface area contributed by atoms with Gasteiger partial charge in [0, 0.05) is 33.0 Å². The summed E-state index contributed by atoms with van der Waals surface area (Å²) in [5, 5.41) is 12.4. The summed E-state index contributed by atoms with van der Waals surface area (Å²) in [7, 11) is 0. The van der Waals surface area contributed by atoms with Gasteiger partial charge in [-0.25, -0.2) is 0 Å². The topological polar surface area (TPSA) is 58.6 Å². The summed E-state index contributed by atoms with van der Waals surface area (Å²) in [5.41, 5.74) is 1.34. The zero-order valence-electron chi connectivity index (χ0n) is 10.2. The summed E-state index contributed by atoms with van der Waals surface area (Å²) in [4.78, 5) is 12.5. The summed E-state index contributed by atoms with van der Waals surface area (Å²) in [6.07, 6.45) is 1.53. The number of aliphatic hydroxyl groups is 1. The lowest BCUT2D eigenvalue weighted by molar-refractivity contribution is -0.123. The van der Waals surface area contributed by atoms with Crippen LogP contribution in [0.2, 0.25) is 0 Å². The molecular formula is C13H14BrNO3S. The zero-order chi connectivity index (χ0) is 13.4. The van der Waals surface area contributed by atoms with Gasteiger partial charge in [0.1, 0.15) is 0 Å². The first-order valence-corrected chi connectivity index (χ1v) is 8.00. The fourth-order valence-electron chi connectivity index (χ4n) is 2.31. The second kappa shape index (κ2) is 5.44. The van der Waals surface area contributed by atoms with E-state index in [-0.39, 0.29) is 5.91 Å². The van der Waals surface area contributed by atoms with Crippen LogP contribution >= 0.6 is 27.7 Å². The van der Waals surface area contributed by atoms with Gasteiger partial charge in [-0.15, -0.1) is 11.8 Å². The lowest BCUT2D eigenvalue weighted by Crippen LogP contribution is -2.10. The normalized spacial score (nSPS) is 25.5. The second-order valence-electron chi connectivity index (χ2n) is 4.71. The molecule has 0 bridgehead atoms. The molecule has 1 amide bonds. The van der Waals surface area contributed by atoms with Gasteiger partial charge in [-0.05, 0) is 40.9 Å². The van der Waals surface area contributed by atoms with E-state index in [4.69, 9.17) is 4.74 Å². The van der Waals surface area contributed by atoms with Gasteiger partial charge in [0.25, 0.3) is 5.91 Å². The summed E-state index contributed by atoms with van der Waals surface area (Å²) >= 11 is 5.20. The van der Waals surface area contributed by atoms with E-state index >= 15 is 0 Å². The number of carbonyl (C=O) groups excluding carboxylic acids is 1. The number of fused-ring (bicyclic) bond motifs is 1. The SMILES string of the molecule is O=C1Nc2cc(SCC3CCCO3)c(Br)cc2C1O. The van der Waals surface area contributed by atoms with Gasteiger partial charge < -0.3 is 15.2 Å². The van der Waals surface area contributed by atoms with Crippen LogP contribution in [0.4, 0.5) is 5.69 Å². The van der Waals surface area contributed by atoms with Crippen LogP contribution in [0.3, 0.4) is 0 Å². The Morgan fingerprint density at radius 3 is 3.11 bits per heavy atom. The molecule has 0 aliphatic carbocycles. The van der Waals surface area contributed by atoms with Crippen LogP contribution in [0.1, 0.15) is 24.5 Å². The van der Waals surface area contributed by atoms with Crippen LogP contribution in [0.5, 0.6) is 0 Å². The number of amides is 1. The molecule has 1 aromatic carbocycles. The molecule has 0 saturated carbocycles. The fraction of sp³-hybridized carbons (Fsp3) is 0.462. The van der Waals surface area contributed by atoms with Crippen molar-refractivity contribution in [3.05, 3.63) is 22.2 Å². The molecule has 1 aromatic rings. The minimum atomic E-state index is -1.05. The molecule has 0 radical (unpaired) electrons. The number of carbonyl (C=O) groups is 1. The van der Waals surface area contributed by atoms with Crippen molar-refractivity contribution in [3.63, 3.8) is 0 Å². The van der Waals surface area contributed by atoms with E-state index in [2.05, 4.69) is 21.2 Å². The summed E-state index contributed by atoms with van der Waals surface area (Å²) in [5.74, 6) is 0.552. The molecule has 19 heavy (non-hydrogen) atoms. The minimum Gasteiger partial charge on any atom is -0.378 e. The largest absolute Gasteiger partial charge is 0.378 e. The van der Waals surface area contributed by atoms with E-state index in [0.717, 1.165) is 34.6 Å². The van der Waals surface area contributed by atoms with Gasteiger partial charge in [-0.3, -0.25) is 4.79 Å². The van der Waals surface area contributed by atoms with E-state index in [0.29, 0.717) is 17.4 Å². The third-order valence-corrected chi connectivity index (χ3v) is 5.46. The molecule has 2 N–H and O–H groups in total. The Balaban J connectivity index is 1.76. The van der Waals surface area contributed by atoms with Gasteiger partial charge in [0.2, 0.25) is 0 Å². The quantitative estimate of drug-likeness (QED) is 0.828. The van der Waals surface area contributed by atoms with Crippen molar-refractivity contribution in [2.75, 3.05) is 17.7 Å². The number of ether oxygens (including phenoxy) is 1. The molecule has 2 aliphatic heterocycles. The Bertz CT molecular complexity index is 517. The molecule has 0 aromatic heterocycles. The van der Waals surface area contributed by atoms with Crippen molar-refractivity contribution in [2.45, 2.75) is 29.9 Å². The molecule has 0 spiro atoms. The van der Waals surface area contributed by atoms with Gasteiger partial charge in [-0.1, -0.05) is 0 Å². The van der Waals surface area contributed by atoms with Crippen molar-refractivity contribution in [3.8, 4) is 0 Å². The maximum atomic E-state index is 11.4. The summed E-state index contributed by atoms with van der Waals surface area (Å²) in [6.45, 7) is 0.860. The lowest BCUT2D eigenvalue weighted by Gasteiger charge is -2.11. The molecule has 2 unspecified atom stereocenters.